The molecule has 0 aliphatic carbocycles. The number of aryl methyl sites for hydroxylation is 2. The summed E-state index contributed by atoms with van der Waals surface area (Å²) in [5, 5.41) is 2.94. The first-order chi connectivity index (χ1) is 10.6. The third kappa shape index (κ3) is 5.00. The van der Waals surface area contributed by atoms with E-state index in [4.69, 9.17) is 9.47 Å². The first-order valence-electron chi connectivity index (χ1n) is 7.88. The maximum absolute atomic E-state index is 12.1. The van der Waals surface area contributed by atoms with E-state index in [0.717, 1.165) is 49.7 Å². The van der Waals surface area contributed by atoms with Crippen molar-refractivity contribution in [2.45, 2.75) is 26.9 Å². The van der Waals surface area contributed by atoms with Gasteiger partial charge in [0.25, 0.3) is 5.91 Å². The van der Waals surface area contributed by atoms with E-state index in [2.05, 4.69) is 10.2 Å². The van der Waals surface area contributed by atoms with Crippen LogP contribution in [0.15, 0.2) is 18.2 Å². The van der Waals surface area contributed by atoms with Gasteiger partial charge in [-0.05, 0) is 38.0 Å². The molecule has 0 spiro atoms. The van der Waals surface area contributed by atoms with Crippen molar-refractivity contribution < 1.29 is 14.3 Å². The number of nitrogens with one attached hydrogen (secondary N) is 1. The fraction of sp³-hybridized carbons (Fsp3) is 0.588. The predicted molar refractivity (Wildman–Crippen MR) is 86.3 cm³/mol. The Morgan fingerprint density at radius 1 is 1.36 bits per heavy atom. The highest BCUT2D eigenvalue weighted by atomic mass is 16.5. The third-order valence-corrected chi connectivity index (χ3v) is 3.85. The van der Waals surface area contributed by atoms with Gasteiger partial charge in [0.2, 0.25) is 0 Å². The Bertz CT molecular complexity index is 499. The largest absolute Gasteiger partial charge is 0.481 e. The van der Waals surface area contributed by atoms with Crippen molar-refractivity contribution in [2.24, 2.45) is 0 Å². The Labute approximate surface area is 132 Å². The number of nitrogens with zero attached hydrogens (tertiary/aromatic N) is 1. The van der Waals surface area contributed by atoms with Crippen LogP contribution >= 0.6 is 0 Å². The lowest BCUT2D eigenvalue weighted by atomic mass is 10.1. The van der Waals surface area contributed by atoms with E-state index in [0.29, 0.717) is 6.54 Å². The lowest BCUT2D eigenvalue weighted by molar-refractivity contribution is -0.127. The normalized spacial score (nSPS) is 17.0. The Morgan fingerprint density at radius 2 is 2.09 bits per heavy atom. The third-order valence-electron chi connectivity index (χ3n) is 3.85. The first-order valence-corrected chi connectivity index (χ1v) is 7.88. The highest BCUT2D eigenvalue weighted by molar-refractivity contribution is 5.80. The molecule has 0 unspecified atom stereocenters. The van der Waals surface area contributed by atoms with Crippen molar-refractivity contribution in [3.8, 4) is 5.75 Å². The Morgan fingerprint density at radius 3 is 2.82 bits per heavy atom. The van der Waals surface area contributed by atoms with Gasteiger partial charge in [0, 0.05) is 26.2 Å². The van der Waals surface area contributed by atoms with Gasteiger partial charge in [0.1, 0.15) is 5.75 Å². The standard InChI is InChI=1S/C17H26N2O3/c1-13-4-5-14(2)16(12-13)22-15(3)17(20)18-6-7-19-8-10-21-11-9-19/h4-5,12,15H,6-11H2,1-3H3,(H,18,20)/t15-/m0/s1. The molecule has 122 valence electrons. The van der Waals surface area contributed by atoms with Crippen molar-refractivity contribution in [3.63, 3.8) is 0 Å². The zero-order chi connectivity index (χ0) is 15.9. The van der Waals surface area contributed by atoms with Crippen LogP contribution in [0.2, 0.25) is 0 Å². The molecule has 2 rings (SSSR count). The molecule has 0 aromatic heterocycles. The monoisotopic (exact) mass is 306 g/mol. The quantitative estimate of drug-likeness (QED) is 0.866. The van der Waals surface area contributed by atoms with Gasteiger partial charge in [0.05, 0.1) is 13.2 Å². The maximum Gasteiger partial charge on any atom is 0.260 e. The van der Waals surface area contributed by atoms with E-state index >= 15 is 0 Å². The molecule has 1 aliphatic heterocycles. The van der Waals surface area contributed by atoms with Crippen LogP contribution in [0.5, 0.6) is 5.75 Å². The molecule has 0 bridgehead atoms. The van der Waals surface area contributed by atoms with Crippen LogP contribution in [-0.4, -0.2) is 56.3 Å². The number of ether oxygens (including phenoxy) is 2. The van der Waals surface area contributed by atoms with Gasteiger partial charge in [-0.25, -0.2) is 0 Å². The van der Waals surface area contributed by atoms with Crippen molar-refractivity contribution in [2.75, 3.05) is 39.4 Å². The average molecular weight is 306 g/mol. The van der Waals surface area contributed by atoms with Crippen molar-refractivity contribution in [3.05, 3.63) is 29.3 Å². The molecule has 1 heterocycles. The highest BCUT2D eigenvalue weighted by Crippen LogP contribution is 2.20. The van der Waals surface area contributed by atoms with Crippen LogP contribution in [0, 0.1) is 13.8 Å². The van der Waals surface area contributed by atoms with Crippen LogP contribution in [0.25, 0.3) is 0 Å². The molecule has 1 saturated heterocycles. The summed E-state index contributed by atoms with van der Waals surface area (Å²) in [6.45, 7) is 10.7. The molecule has 1 aromatic carbocycles. The Kier molecular flexibility index (Phi) is 6.21. The first kappa shape index (κ1) is 16.8. The summed E-state index contributed by atoms with van der Waals surface area (Å²) in [7, 11) is 0. The number of carbonyl (C=O) groups excluding carboxylic acids is 1. The van der Waals surface area contributed by atoms with Crippen molar-refractivity contribution >= 4 is 5.91 Å². The Hall–Kier alpha value is -1.59. The second kappa shape index (κ2) is 8.15. The highest BCUT2D eigenvalue weighted by Gasteiger charge is 2.16. The van der Waals surface area contributed by atoms with Crippen molar-refractivity contribution in [1.82, 2.24) is 10.2 Å². The van der Waals surface area contributed by atoms with Gasteiger partial charge in [0.15, 0.2) is 6.10 Å². The molecule has 0 saturated carbocycles. The smallest absolute Gasteiger partial charge is 0.260 e. The minimum absolute atomic E-state index is 0.0748. The molecule has 1 amide bonds. The number of rotatable bonds is 6. The number of benzene rings is 1. The van der Waals surface area contributed by atoms with Crippen LogP contribution in [0.1, 0.15) is 18.1 Å². The minimum atomic E-state index is -0.495. The van der Waals surface area contributed by atoms with E-state index in [1.165, 1.54) is 0 Å². The maximum atomic E-state index is 12.1. The van der Waals surface area contributed by atoms with Gasteiger partial charge in [-0.2, -0.15) is 0 Å². The molecule has 1 aliphatic rings. The number of hydrogen-bond acceptors (Lipinski definition) is 4. The number of morpholine rings is 1. The molecular formula is C17H26N2O3. The summed E-state index contributed by atoms with van der Waals surface area (Å²) < 4.78 is 11.1. The Balaban J connectivity index is 1.75. The molecule has 22 heavy (non-hydrogen) atoms. The second-order valence-corrected chi connectivity index (χ2v) is 5.77. The van der Waals surface area contributed by atoms with Gasteiger partial charge in [-0.15, -0.1) is 0 Å². The van der Waals surface area contributed by atoms with Crippen LogP contribution in [0.3, 0.4) is 0 Å². The second-order valence-electron chi connectivity index (χ2n) is 5.77. The molecule has 0 radical (unpaired) electrons. The molecular weight excluding hydrogens is 280 g/mol. The molecule has 5 heteroatoms. The van der Waals surface area contributed by atoms with E-state index in [1.807, 2.05) is 32.0 Å². The van der Waals surface area contributed by atoms with E-state index in [1.54, 1.807) is 6.92 Å². The average Bonchev–Trinajstić information content (AvgIpc) is 2.52. The molecule has 5 nitrogen and oxygen atoms in total. The van der Waals surface area contributed by atoms with Gasteiger partial charge < -0.3 is 14.8 Å². The van der Waals surface area contributed by atoms with Gasteiger partial charge in [-0.1, -0.05) is 12.1 Å². The SMILES string of the molecule is Cc1ccc(C)c(O[C@@H](C)C(=O)NCCN2CCOCC2)c1. The van der Waals surface area contributed by atoms with E-state index < -0.39 is 6.10 Å². The topological polar surface area (TPSA) is 50.8 Å². The van der Waals surface area contributed by atoms with Crippen LogP contribution < -0.4 is 10.1 Å². The summed E-state index contributed by atoms with van der Waals surface area (Å²) in [5.74, 6) is 0.699. The van der Waals surface area contributed by atoms with E-state index in [9.17, 15) is 4.79 Å². The fourth-order valence-corrected chi connectivity index (χ4v) is 2.38. The number of carbonyl (C=O) groups is 1. The van der Waals surface area contributed by atoms with Gasteiger partial charge >= 0.3 is 0 Å². The number of amides is 1. The molecule has 1 N–H and O–H groups in total. The number of hydrogen-bond donors (Lipinski definition) is 1. The summed E-state index contributed by atoms with van der Waals surface area (Å²) >= 11 is 0. The zero-order valence-corrected chi connectivity index (χ0v) is 13.7. The van der Waals surface area contributed by atoms with E-state index in [-0.39, 0.29) is 5.91 Å². The summed E-state index contributed by atoms with van der Waals surface area (Å²) in [5.41, 5.74) is 2.17. The fourth-order valence-electron chi connectivity index (χ4n) is 2.38. The van der Waals surface area contributed by atoms with Gasteiger partial charge in [-0.3, -0.25) is 9.69 Å². The molecule has 1 aromatic rings. The summed E-state index contributed by atoms with van der Waals surface area (Å²) in [4.78, 5) is 14.4. The molecule has 1 fully saturated rings. The minimum Gasteiger partial charge on any atom is -0.481 e. The molecule has 1 atom stereocenters. The lowest BCUT2D eigenvalue weighted by Crippen LogP contribution is -2.43. The van der Waals surface area contributed by atoms with Crippen molar-refractivity contribution in [1.29, 1.82) is 0 Å². The zero-order valence-electron chi connectivity index (χ0n) is 13.7. The summed E-state index contributed by atoms with van der Waals surface area (Å²) in [6.07, 6.45) is -0.495. The van der Waals surface area contributed by atoms with Crippen LogP contribution in [0.4, 0.5) is 0 Å². The lowest BCUT2D eigenvalue weighted by Gasteiger charge is -2.26. The van der Waals surface area contributed by atoms with Crippen LogP contribution in [-0.2, 0) is 9.53 Å². The summed E-state index contributed by atoms with van der Waals surface area (Å²) in [6, 6.07) is 6.01. The predicted octanol–water partition coefficient (Wildman–Crippen LogP) is 1.52.